The Morgan fingerprint density at radius 2 is 1.13 bits per heavy atom. The third-order valence-corrected chi connectivity index (χ3v) is 10.6. The topological polar surface area (TPSA) is 9.23 Å². The Kier molecular flexibility index (Phi) is 9.86. The zero-order valence-electron chi connectivity index (χ0n) is 11.3. The first-order valence-electron chi connectivity index (χ1n) is 6.79. The number of hydrogen-bond acceptors (Lipinski definition) is 1. The van der Waals surface area contributed by atoms with Gasteiger partial charge in [0.25, 0.3) is 0 Å². The minimum atomic E-state index is -1.27. The predicted octanol–water partition coefficient (Wildman–Crippen LogP) is 3.63. The normalized spacial score (nSPS) is 12.2. The quantitative estimate of drug-likeness (QED) is 0.535. The van der Waals surface area contributed by atoms with Crippen LogP contribution in [0.25, 0.3) is 0 Å². The van der Waals surface area contributed by atoms with E-state index in [2.05, 4.69) is 20.8 Å². The molecule has 0 atom stereocenters. The summed E-state index contributed by atoms with van der Waals surface area (Å²) in [4.78, 5) is 0. The van der Waals surface area contributed by atoms with Gasteiger partial charge in [0.2, 0.25) is 0 Å². The van der Waals surface area contributed by atoms with Crippen molar-refractivity contribution < 1.29 is 4.12 Å². The maximum Gasteiger partial charge on any atom is 0.178 e. The average Bonchev–Trinajstić information content (AvgIpc) is 2.29. The van der Waals surface area contributed by atoms with Crippen molar-refractivity contribution in [2.75, 3.05) is 0 Å². The Morgan fingerprint density at radius 1 is 0.800 bits per heavy atom. The fourth-order valence-corrected chi connectivity index (χ4v) is 8.37. The fourth-order valence-electron chi connectivity index (χ4n) is 2.18. The number of rotatable bonds is 10. The lowest BCUT2D eigenvalue weighted by Gasteiger charge is -2.30. The molecule has 0 aliphatic rings. The molecule has 0 aromatic carbocycles. The molecule has 0 bridgehead atoms. The maximum atomic E-state index is 6.12. The highest BCUT2D eigenvalue weighted by molar-refractivity contribution is 6.76. The Bertz CT molecular complexity index is 118. The number of unbranched alkanes of at least 4 members (excludes halogenated alkanes) is 3. The molecule has 0 saturated carbocycles. The Morgan fingerprint density at radius 3 is 1.33 bits per heavy atom. The highest BCUT2D eigenvalue weighted by atomic mass is 28.4. The Labute approximate surface area is 101 Å². The van der Waals surface area contributed by atoms with Crippen molar-refractivity contribution >= 4 is 18.8 Å². The minimum absolute atomic E-state index is 0.958. The van der Waals surface area contributed by atoms with Crippen LogP contribution in [-0.4, -0.2) is 18.8 Å². The van der Waals surface area contributed by atoms with Crippen LogP contribution < -0.4 is 0 Å². The summed E-state index contributed by atoms with van der Waals surface area (Å²) in [5, 5.41) is 0. The molecular formula is C12H30OSi2. The van der Waals surface area contributed by atoms with Gasteiger partial charge in [-0.1, -0.05) is 59.3 Å². The van der Waals surface area contributed by atoms with Crippen LogP contribution in [0.2, 0.25) is 18.1 Å². The molecular weight excluding hydrogens is 216 g/mol. The second-order valence-electron chi connectivity index (χ2n) is 4.70. The largest absolute Gasteiger partial charge is 0.463 e. The first-order valence-corrected chi connectivity index (χ1v) is 10.1. The molecule has 0 fully saturated rings. The zero-order valence-corrected chi connectivity index (χ0v) is 14.3. The van der Waals surface area contributed by atoms with Gasteiger partial charge >= 0.3 is 0 Å². The van der Waals surface area contributed by atoms with Crippen LogP contribution in [0.15, 0.2) is 0 Å². The van der Waals surface area contributed by atoms with E-state index in [-0.39, 0.29) is 0 Å². The molecule has 0 aromatic heterocycles. The van der Waals surface area contributed by atoms with Crippen molar-refractivity contribution in [2.24, 2.45) is 0 Å². The van der Waals surface area contributed by atoms with E-state index in [9.17, 15) is 0 Å². The van der Waals surface area contributed by atoms with Gasteiger partial charge in [0, 0.05) is 0 Å². The molecule has 0 radical (unpaired) electrons. The zero-order chi connectivity index (χ0) is 11.6. The van der Waals surface area contributed by atoms with E-state index in [4.69, 9.17) is 4.12 Å². The van der Waals surface area contributed by atoms with Crippen molar-refractivity contribution in [3.63, 3.8) is 0 Å². The van der Waals surface area contributed by atoms with Crippen LogP contribution in [0.5, 0.6) is 0 Å². The smallest absolute Gasteiger partial charge is 0.178 e. The molecule has 0 saturated heterocycles. The molecule has 0 aromatic rings. The van der Waals surface area contributed by atoms with Crippen molar-refractivity contribution in [1.29, 1.82) is 0 Å². The molecule has 0 amide bonds. The van der Waals surface area contributed by atoms with E-state index >= 15 is 0 Å². The van der Waals surface area contributed by atoms with Crippen LogP contribution >= 0.6 is 0 Å². The molecule has 15 heavy (non-hydrogen) atoms. The number of hydrogen-bond donors (Lipinski definition) is 0. The van der Waals surface area contributed by atoms with Crippen molar-refractivity contribution in [2.45, 2.75) is 77.4 Å². The fraction of sp³-hybridized carbons (Fsp3) is 1.00. The average molecular weight is 247 g/mol. The summed E-state index contributed by atoms with van der Waals surface area (Å²) in [6.07, 6.45) is 8.17. The van der Waals surface area contributed by atoms with Gasteiger partial charge in [0.05, 0.1) is 0 Å². The highest BCUT2D eigenvalue weighted by Gasteiger charge is 2.30. The first kappa shape index (κ1) is 15.4. The molecule has 0 heterocycles. The van der Waals surface area contributed by atoms with E-state index in [1.165, 1.54) is 56.7 Å². The molecule has 0 spiro atoms. The van der Waals surface area contributed by atoms with E-state index in [0.717, 1.165) is 10.5 Å². The van der Waals surface area contributed by atoms with Gasteiger partial charge in [0.15, 0.2) is 8.32 Å². The predicted molar refractivity (Wildman–Crippen MR) is 75.9 cm³/mol. The van der Waals surface area contributed by atoms with Crippen LogP contribution in [0.4, 0.5) is 0 Å². The second kappa shape index (κ2) is 9.61. The standard InChI is InChI=1S/C12H30OSi2/c1-4-7-10-15(13-14,11-8-5-2)12-9-6-3/h4-12H2,1-3,14H3. The molecule has 92 valence electrons. The maximum absolute atomic E-state index is 6.12. The molecule has 0 rings (SSSR count). The molecule has 0 N–H and O–H groups in total. The summed E-state index contributed by atoms with van der Waals surface area (Å²) < 4.78 is 6.12. The van der Waals surface area contributed by atoms with Gasteiger partial charge in [-0.3, -0.25) is 0 Å². The minimum Gasteiger partial charge on any atom is -0.463 e. The van der Waals surface area contributed by atoms with Gasteiger partial charge in [-0.25, -0.2) is 0 Å². The van der Waals surface area contributed by atoms with Crippen LogP contribution in [0, 0.1) is 0 Å². The highest BCUT2D eigenvalue weighted by Crippen LogP contribution is 2.28. The van der Waals surface area contributed by atoms with Crippen molar-refractivity contribution in [3.05, 3.63) is 0 Å². The summed E-state index contributed by atoms with van der Waals surface area (Å²) in [6.45, 7) is 6.89. The SMILES string of the molecule is CCCC[Si](CCCC)(CCCC)O[SiH3]. The summed E-state index contributed by atoms with van der Waals surface area (Å²) >= 11 is 0. The molecule has 0 aliphatic heterocycles. The van der Waals surface area contributed by atoms with Gasteiger partial charge in [-0.15, -0.1) is 0 Å². The lowest BCUT2D eigenvalue weighted by Crippen LogP contribution is -2.37. The van der Waals surface area contributed by atoms with E-state index in [0.29, 0.717) is 0 Å². The third kappa shape index (κ3) is 6.53. The Hall–Kier alpha value is 0.394. The van der Waals surface area contributed by atoms with Gasteiger partial charge in [0.1, 0.15) is 10.5 Å². The van der Waals surface area contributed by atoms with Crippen molar-refractivity contribution in [3.8, 4) is 0 Å². The second-order valence-corrected chi connectivity index (χ2v) is 10.2. The summed E-state index contributed by atoms with van der Waals surface area (Å²) in [5.74, 6) is 0. The third-order valence-electron chi connectivity index (χ3n) is 3.39. The lowest BCUT2D eigenvalue weighted by atomic mass is 10.4. The molecule has 3 heteroatoms. The molecule has 0 aliphatic carbocycles. The van der Waals surface area contributed by atoms with Gasteiger partial charge < -0.3 is 4.12 Å². The van der Waals surface area contributed by atoms with Crippen LogP contribution in [0.1, 0.15) is 59.3 Å². The molecule has 1 nitrogen and oxygen atoms in total. The molecule has 0 unspecified atom stereocenters. The van der Waals surface area contributed by atoms with E-state index in [1.807, 2.05) is 0 Å². The van der Waals surface area contributed by atoms with Crippen molar-refractivity contribution in [1.82, 2.24) is 0 Å². The van der Waals surface area contributed by atoms with Gasteiger partial charge in [-0.05, 0) is 18.1 Å². The summed E-state index contributed by atoms with van der Waals surface area (Å²) in [5.41, 5.74) is 0. The summed E-state index contributed by atoms with van der Waals surface area (Å²) in [7, 11) is -0.313. The van der Waals surface area contributed by atoms with Crippen LogP contribution in [0.3, 0.4) is 0 Å². The monoisotopic (exact) mass is 246 g/mol. The Balaban J connectivity index is 4.16. The van der Waals surface area contributed by atoms with Crippen LogP contribution in [-0.2, 0) is 4.12 Å². The van der Waals surface area contributed by atoms with Gasteiger partial charge in [-0.2, -0.15) is 0 Å². The summed E-state index contributed by atoms with van der Waals surface area (Å²) in [6, 6.07) is 4.27. The lowest BCUT2D eigenvalue weighted by molar-refractivity contribution is 0.556. The van der Waals surface area contributed by atoms with E-state index in [1.54, 1.807) is 0 Å². The van der Waals surface area contributed by atoms with E-state index < -0.39 is 8.32 Å². The first-order chi connectivity index (χ1) is 7.24.